The first-order valence-electron chi connectivity index (χ1n) is 26.9. The molecule has 17 rings (SSSR count). The molecular weight excluding hydrogens is 933 g/mol. The van der Waals surface area contributed by atoms with Crippen LogP contribution in [0.4, 0.5) is 91.0 Å². The fourth-order valence-corrected chi connectivity index (χ4v) is 14.4. The van der Waals surface area contributed by atoms with E-state index in [2.05, 4.69) is 292 Å². The van der Waals surface area contributed by atoms with Gasteiger partial charge in [-0.25, -0.2) is 0 Å². The molecule has 0 amide bonds. The first-order valence-corrected chi connectivity index (χ1v) is 26.9. The van der Waals surface area contributed by atoms with Crippen LogP contribution >= 0.6 is 0 Å². The van der Waals surface area contributed by atoms with Crippen LogP contribution in [0.3, 0.4) is 0 Å². The molecule has 0 unspecified atom stereocenters. The molecule has 0 aliphatic carbocycles. The van der Waals surface area contributed by atoms with Crippen molar-refractivity contribution in [1.82, 2.24) is 0 Å². The van der Waals surface area contributed by atoms with Gasteiger partial charge in [0.1, 0.15) is 0 Å². The van der Waals surface area contributed by atoms with Gasteiger partial charge in [-0.2, -0.15) is 0 Å². The highest BCUT2D eigenvalue weighted by molar-refractivity contribution is 7.06. The van der Waals surface area contributed by atoms with Gasteiger partial charge in [-0.15, -0.1) is 0 Å². The molecule has 0 fully saturated rings. The lowest BCUT2D eigenvalue weighted by Crippen LogP contribution is -2.70. The van der Waals surface area contributed by atoms with Crippen LogP contribution in [0.1, 0.15) is 0 Å². The Morgan fingerprint density at radius 2 is 0.532 bits per heavy atom. The molecule has 6 aliphatic heterocycles. The van der Waals surface area contributed by atoms with Crippen LogP contribution in [-0.4, -0.2) is 34.2 Å². The number of para-hydroxylation sites is 8. The van der Waals surface area contributed by atoms with E-state index < -0.39 is 0 Å². The number of fused-ring (bicyclic) bond motifs is 12. The predicted octanol–water partition coefficient (Wildman–Crippen LogP) is 10.5. The quantitative estimate of drug-likeness (QED) is 0.154. The highest BCUT2D eigenvalue weighted by atomic mass is 15.2. The van der Waals surface area contributed by atoms with Crippen LogP contribution in [-0.2, 0) is 0 Å². The van der Waals surface area contributed by atoms with E-state index in [1.54, 1.807) is 0 Å². The molecule has 77 heavy (non-hydrogen) atoms. The molecule has 6 heterocycles. The zero-order chi connectivity index (χ0) is 50.6. The largest absolute Gasteiger partial charge is 0.344 e. The second kappa shape index (κ2) is 16.0. The maximum Gasteiger partial charge on any atom is 0.252 e. The Morgan fingerprint density at radius 3 is 0.935 bits per heavy atom. The summed E-state index contributed by atoms with van der Waals surface area (Å²) < 4.78 is 0. The predicted molar refractivity (Wildman–Crippen MR) is 328 cm³/mol. The van der Waals surface area contributed by atoms with Gasteiger partial charge in [0.25, 0.3) is 20.1 Å². The van der Waals surface area contributed by atoms with Gasteiger partial charge in [0, 0.05) is 105 Å². The molecule has 11 aromatic rings. The zero-order valence-electron chi connectivity index (χ0n) is 42.6. The maximum atomic E-state index is 2.67. The van der Waals surface area contributed by atoms with E-state index in [0.717, 1.165) is 34.1 Å². The lowest BCUT2D eigenvalue weighted by Gasteiger charge is -2.51. The van der Waals surface area contributed by atoms with Crippen molar-refractivity contribution in [3.63, 3.8) is 0 Å². The molecule has 0 spiro atoms. The van der Waals surface area contributed by atoms with Crippen molar-refractivity contribution in [2.75, 3.05) is 43.5 Å². The first-order chi connectivity index (χ1) is 38.1. The molecule has 6 aliphatic rings. The molecule has 11 aromatic carbocycles. The highest BCUT2D eigenvalue weighted by Crippen LogP contribution is 2.51. The lowest BCUT2D eigenvalue weighted by molar-refractivity contribution is 1.18. The van der Waals surface area contributed by atoms with Crippen molar-refractivity contribution in [2.24, 2.45) is 0 Å². The van der Waals surface area contributed by atoms with Gasteiger partial charge < -0.3 is 29.4 Å². The number of anilines is 16. The molecule has 0 saturated carbocycles. The minimum Gasteiger partial charge on any atom is -0.344 e. The van der Waals surface area contributed by atoms with Crippen LogP contribution in [0.2, 0.25) is 0 Å². The Morgan fingerprint density at radius 1 is 0.247 bits per heavy atom. The van der Waals surface area contributed by atoms with Crippen LogP contribution < -0.4 is 78.6 Å². The van der Waals surface area contributed by atoms with Crippen molar-refractivity contribution in [3.8, 4) is 0 Å². The minimum absolute atomic E-state index is 0.00424. The van der Waals surface area contributed by atoms with Crippen molar-refractivity contribution in [3.05, 3.63) is 249 Å². The molecular formula is C68H47B3N6. The fraction of sp³-hybridized carbons (Fsp3) is 0.0294. The minimum atomic E-state index is -0.0229. The number of benzene rings is 11. The van der Waals surface area contributed by atoms with Crippen LogP contribution in [0.5, 0.6) is 0 Å². The van der Waals surface area contributed by atoms with E-state index in [-0.39, 0.29) is 20.1 Å². The monoisotopic (exact) mass is 980 g/mol. The topological polar surface area (TPSA) is 19.4 Å². The Hall–Kier alpha value is -9.59. The third-order valence-electron chi connectivity index (χ3n) is 17.6. The van der Waals surface area contributed by atoms with Crippen molar-refractivity contribution in [1.29, 1.82) is 0 Å². The van der Waals surface area contributed by atoms with Gasteiger partial charge in [-0.1, -0.05) is 152 Å². The summed E-state index contributed by atoms with van der Waals surface area (Å²) in [5.41, 5.74) is 31.1. The van der Waals surface area contributed by atoms with Crippen molar-refractivity contribution in [2.45, 2.75) is 0 Å². The first kappa shape index (κ1) is 42.7. The summed E-state index contributed by atoms with van der Waals surface area (Å²) in [6.45, 7) is -0.0144. The molecule has 0 N–H and O–H groups in total. The van der Waals surface area contributed by atoms with E-state index in [0.29, 0.717) is 0 Å². The van der Waals surface area contributed by atoms with E-state index in [1.807, 2.05) is 0 Å². The average molecular weight is 981 g/mol. The molecule has 0 radical (unpaired) electrons. The van der Waals surface area contributed by atoms with Gasteiger partial charge in [0.15, 0.2) is 0 Å². The van der Waals surface area contributed by atoms with Crippen molar-refractivity contribution >= 4 is 160 Å². The molecule has 6 nitrogen and oxygen atoms in total. The summed E-state index contributed by atoms with van der Waals surface area (Å²) >= 11 is 0. The van der Waals surface area contributed by atoms with Crippen molar-refractivity contribution < 1.29 is 0 Å². The number of hydrogen-bond donors (Lipinski definition) is 0. The van der Waals surface area contributed by atoms with Gasteiger partial charge in [0.2, 0.25) is 0 Å². The van der Waals surface area contributed by atoms with E-state index in [4.69, 9.17) is 0 Å². The summed E-state index contributed by atoms with van der Waals surface area (Å²) in [7, 11) is 4.42. The van der Waals surface area contributed by atoms with E-state index in [9.17, 15) is 0 Å². The average Bonchev–Trinajstić information content (AvgIpc) is 3.61. The number of nitrogens with zero attached hydrogens (tertiary/aromatic N) is 6. The third-order valence-corrected chi connectivity index (χ3v) is 17.6. The molecule has 0 saturated heterocycles. The number of rotatable bonds is 6. The van der Waals surface area contributed by atoms with Crippen LogP contribution in [0.25, 0.3) is 0 Å². The smallest absolute Gasteiger partial charge is 0.252 e. The molecule has 0 bridgehead atoms. The third kappa shape index (κ3) is 5.78. The summed E-state index contributed by atoms with van der Waals surface area (Å²) in [5, 5.41) is 0. The molecule has 9 heteroatoms. The molecule has 0 aromatic heterocycles. The Bertz CT molecular complexity index is 4000. The SMILES string of the molecule is CN(c1ccccc1)c1cc2c3c(c1)N1c4cccc5c4B(c4cccc(c41)B3c1ccccc1N2c1ccccc1)c1cccc2c1N5c1cc(N(C)c3ccccc3)cc3c1B2c1ccccc1N3c1ccccc1. The summed E-state index contributed by atoms with van der Waals surface area (Å²) in [5.74, 6) is 0. The zero-order valence-corrected chi connectivity index (χ0v) is 42.6. The van der Waals surface area contributed by atoms with Gasteiger partial charge in [-0.3, -0.25) is 0 Å². The Labute approximate surface area is 450 Å². The Balaban J connectivity index is 0.961. The second-order valence-electron chi connectivity index (χ2n) is 21.3. The molecule has 0 atom stereocenters. The van der Waals surface area contributed by atoms with E-state index >= 15 is 0 Å². The van der Waals surface area contributed by atoms with Gasteiger partial charge in [-0.05, 0) is 146 Å². The Kier molecular flexibility index (Phi) is 8.86. The highest BCUT2D eigenvalue weighted by Gasteiger charge is 2.53. The number of hydrogen-bond acceptors (Lipinski definition) is 6. The molecule has 358 valence electrons. The van der Waals surface area contributed by atoms with Gasteiger partial charge in [0.05, 0.1) is 0 Å². The van der Waals surface area contributed by atoms with Crippen LogP contribution in [0.15, 0.2) is 249 Å². The summed E-state index contributed by atoms with van der Waals surface area (Å²) in [4.78, 5) is 15.1. The standard InChI is InChI=1S/C68H47B3N6/c1-72(44-22-7-3-8-23-44)48-40-60-65-62(42-48)76-58-38-21-39-59-64(58)71(54-34-19-32-52(67(54)76)69(65)50-30-15-17-36-56(50)74(60)46-26-11-5-12-27-46)55-35-20-33-53-68(55)77(59)63-43-49(73(2)45-24-9-4-10-25-45)41-61-66(63)70(53)51-31-16-18-37-57(51)75(61)47-28-13-6-14-29-47/h3-43H,1-2H3. The second-order valence-corrected chi connectivity index (χ2v) is 21.3. The maximum absolute atomic E-state index is 2.67. The summed E-state index contributed by atoms with van der Waals surface area (Å²) in [6.07, 6.45) is 0. The summed E-state index contributed by atoms with van der Waals surface area (Å²) in [6, 6.07) is 93.1. The van der Waals surface area contributed by atoms with E-state index in [1.165, 1.54) is 106 Å². The fourth-order valence-electron chi connectivity index (χ4n) is 14.4. The lowest BCUT2D eigenvalue weighted by atomic mass is 9.27. The van der Waals surface area contributed by atoms with Crippen LogP contribution in [0, 0.1) is 0 Å². The normalized spacial score (nSPS) is 13.9. The van der Waals surface area contributed by atoms with Gasteiger partial charge >= 0.3 is 0 Å².